The molecule has 5 nitrogen and oxygen atoms in total. The van der Waals surface area contributed by atoms with Gasteiger partial charge in [0, 0.05) is 19.4 Å². The van der Waals surface area contributed by atoms with E-state index in [1.165, 1.54) is 77.0 Å². The lowest BCUT2D eigenvalue weighted by Gasteiger charge is -2.18. The zero-order valence-electron chi connectivity index (χ0n) is 46.9. The van der Waals surface area contributed by atoms with Gasteiger partial charge in [-0.05, 0) is 135 Å². The number of carbonyl (C=O) groups is 2. The van der Waals surface area contributed by atoms with E-state index < -0.39 is 6.10 Å². The predicted octanol–water partition coefficient (Wildman–Crippen LogP) is 20.7. The monoisotopic (exact) mass is 995 g/mol. The van der Waals surface area contributed by atoms with Crippen LogP contribution in [0.2, 0.25) is 0 Å². The number of ether oxygens (including phenoxy) is 3. The van der Waals surface area contributed by atoms with E-state index >= 15 is 0 Å². The van der Waals surface area contributed by atoms with Crippen LogP contribution in [0.4, 0.5) is 0 Å². The van der Waals surface area contributed by atoms with Crippen LogP contribution in [0.25, 0.3) is 0 Å². The highest BCUT2D eigenvalue weighted by Gasteiger charge is 2.17. The van der Waals surface area contributed by atoms with Crippen LogP contribution < -0.4 is 0 Å². The van der Waals surface area contributed by atoms with Crippen molar-refractivity contribution in [2.75, 3.05) is 19.8 Å². The van der Waals surface area contributed by atoms with Crippen molar-refractivity contribution in [3.05, 3.63) is 134 Å². The van der Waals surface area contributed by atoms with Crippen LogP contribution in [0, 0.1) is 0 Å². The van der Waals surface area contributed by atoms with Gasteiger partial charge in [0.05, 0.1) is 6.61 Å². The van der Waals surface area contributed by atoms with Gasteiger partial charge >= 0.3 is 11.9 Å². The Morgan fingerprint density at radius 1 is 0.319 bits per heavy atom. The fourth-order valence-corrected chi connectivity index (χ4v) is 7.79. The highest BCUT2D eigenvalue weighted by Crippen LogP contribution is 2.14. The molecule has 0 aliphatic heterocycles. The van der Waals surface area contributed by atoms with Crippen LogP contribution >= 0.6 is 0 Å². The molecule has 0 bridgehead atoms. The Labute approximate surface area is 445 Å². The second kappa shape index (κ2) is 61.3. The molecule has 1 atom stereocenters. The Morgan fingerprint density at radius 2 is 0.625 bits per heavy atom. The van der Waals surface area contributed by atoms with E-state index in [4.69, 9.17) is 14.2 Å². The van der Waals surface area contributed by atoms with Gasteiger partial charge in [-0.3, -0.25) is 9.59 Å². The molecular formula is C67H110O5. The molecule has 0 saturated carbocycles. The number of esters is 2. The van der Waals surface area contributed by atoms with Crippen molar-refractivity contribution in [1.29, 1.82) is 0 Å². The Hall–Kier alpha value is -3.96. The van der Waals surface area contributed by atoms with Gasteiger partial charge in [0.15, 0.2) is 6.10 Å². The molecule has 0 saturated heterocycles. The first-order chi connectivity index (χ1) is 35.6. The van der Waals surface area contributed by atoms with Crippen LogP contribution in [0.15, 0.2) is 134 Å². The zero-order valence-corrected chi connectivity index (χ0v) is 46.9. The Kier molecular flexibility index (Phi) is 58.0. The van der Waals surface area contributed by atoms with Crippen molar-refractivity contribution in [3.63, 3.8) is 0 Å². The van der Waals surface area contributed by atoms with Crippen LogP contribution in [0.3, 0.4) is 0 Å². The molecule has 72 heavy (non-hydrogen) atoms. The van der Waals surface area contributed by atoms with Crippen LogP contribution in [0.1, 0.15) is 252 Å². The zero-order chi connectivity index (χ0) is 52.0. The molecule has 0 aliphatic carbocycles. The van der Waals surface area contributed by atoms with Gasteiger partial charge in [0.2, 0.25) is 0 Å². The van der Waals surface area contributed by atoms with Crippen molar-refractivity contribution in [3.8, 4) is 0 Å². The van der Waals surface area contributed by atoms with E-state index in [9.17, 15) is 9.59 Å². The lowest BCUT2D eigenvalue weighted by molar-refractivity contribution is -0.163. The van der Waals surface area contributed by atoms with Crippen LogP contribution in [0.5, 0.6) is 0 Å². The average molecular weight is 996 g/mol. The van der Waals surface area contributed by atoms with Gasteiger partial charge < -0.3 is 14.2 Å². The maximum Gasteiger partial charge on any atom is 0.306 e. The molecule has 5 heteroatoms. The van der Waals surface area contributed by atoms with Crippen LogP contribution in [-0.4, -0.2) is 37.9 Å². The summed E-state index contributed by atoms with van der Waals surface area (Å²) < 4.78 is 17.5. The summed E-state index contributed by atoms with van der Waals surface area (Å²) >= 11 is 0. The summed E-state index contributed by atoms with van der Waals surface area (Å²) in [4.78, 5) is 25.6. The van der Waals surface area contributed by atoms with Crippen molar-refractivity contribution in [2.24, 2.45) is 0 Å². The summed E-state index contributed by atoms with van der Waals surface area (Å²) in [6.07, 6.45) is 87.6. The fraction of sp³-hybridized carbons (Fsp3) is 0.642. The van der Waals surface area contributed by atoms with Gasteiger partial charge in [-0.1, -0.05) is 238 Å². The standard InChI is InChI=1S/C67H110O5/c1-4-7-10-13-16-19-22-25-28-31-33-35-38-41-44-47-50-53-56-59-62-70-63-65(72-67(69)61-58-55-52-49-46-43-40-36-30-27-24-21-18-15-12-9-6-3)64-71-66(68)60-57-54-51-48-45-42-39-37-34-32-29-26-23-20-17-14-11-8-5-2/h7-8,10-11,16-21,25-30,33-35,37,41,44,65H,4-6,9,12-15,22-24,31-32,36,38-40,42-43,45-64H2,1-3H3/b10-7-,11-8-,19-16-,20-17-,21-18-,28-25-,29-26-,30-27-,35-33-,37-34-,44-41-. The van der Waals surface area contributed by atoms with E-state index in [2.05, 4.69) is 154 Å². The third-order valence-corrected chi connectivity index (χ3v) is 12.2. The molecule has 0 amide bonds. The second-order valence-corrected chi connectivity index (χ2v) is 19.1. The second-order valence-electron chi connectivity index (χ2n) is 19.1. The summed E-state index contributed by atoms with van der Waals surface area (Å²) in [6.45, 7) is 7.50. The maximum atomic E-state index is 12.9. The summed E-state index contributed by atoms with van der Waals surface area (Å²) in [7, 11) is 0. The molecule has 0 radical (unpaired) electrons. The molecular weight excluding hydrogens is 885 g/mol. The highest BCUT2D eigenvalue weighted by atomic mass is 16.6. The minimum absolute atomic E-state index is 0.0556. The summed E-state index contributed by atoms with van der Waals surface area (Å²) in [5.41, 5.74) is 0. The van der Waals surface area contributed by atoms with Crippen molar-refractivity contribution < 1.29 is 23.8 Å². The summed E-state index contributed by atoms with van der Waals surface area (Å²) in [5, 5.41) is 0. The summed E-state index contributed by atoms with van der Waals surface area (Å²) in [6, 6.07) is 0. The SMILES string of the molecule is CC/C=C\C/C=C\C/C=C\C/C=C\C/C=C\CCCCCCOCC(COC(=O)CCCCCCCC/C=C\C/C=C\C/C=C\C/C=C\CC)OC(=O)CCCCCCCCC/C=C\C/C=C\CCCCC. The molecule has 0 fully saturated rings. The number of unbranched alkanes of at least 4 members (excludes halogenated alkanes) is 20. The Morgan fingerprint density at radius 3 is 1.00 bits per heavy atom. The van der Waals surface area contributed by atoms with E-state index in [1.54, 1.807) is 0 Å². The van der Waals surface area contributed by atoms with Crippen molar-refractivity contribution in [2.45, 2.75) is 258 Å². The molecule has 0 rings (SSSR count). The highest BCUT2D eigenvalue weighted by molar-refractivity contribution is 5.70. The van der Waals surface area contributed by atoms with E-state index in [0.717, 1.165) is 141 Å². The number of allylic oxidation sites excluding steroid dienone is 22. The van der Waals surface area contributed by atoms with Crippen LogP contribution in [-0.2, 0) is 23.8 Å². The Bertz CT molecular complexity index is 1500. The molecule has 408 valence electrons. The normalized spacial score (nSPS) is 13.2. The van der Waals surface area contributed by atoms with Gasteiger partial charge in [0.25, 0.3) is 0 Å². The molecule has 0 aromatic rings. The lowest BCUT2D eigenvalue weighted by atomic mass is 10.1. The van der Waals surface area contributed by atoms with Crippen molar-refractivity contribution >= 4 is 11.9 Å². The minimum Gasteiger partial charge on any atom is -0.462 e. The first kappa shape index (κ1) is 68.0. The molecule has 0 aliphatic rings. The van der Waals surface area contributed by atoms with Gasteiger partial charge in [-0.25, -0.2) is 0 Å². The predicted molar refractivity (Wildman–Crippen MR) is 315 cm³/mol. The largest absolute Gasteiger partial charge is 0.462 e. The lowest BCUT2D eigenvalue weighted by Crippen LogP contribution is -2.30. The third-order valence-electron chi connectivity index (χ3n) is 12.2. The Balaban J connectivity index is 4.41. The summed E-state index contributed by atoms with van der Waals surface area (Å²) in [5.74, 6) is -0.441. The minimum atomic E-state index is -0.571. The molecule has 0 aromatic carbocycles. The number of carbonyl (C=O) groups excluding carboxylic acids is 2. The number of hydrogen-bond donors (Lipinski definition) is 0. The van der Waals surface area contributed by atoms with Gasteiger partial charge in [-0.2, -0.15) is 0 Å². The number of rotatable bonds is 53. The van der Waals surface area contributed by atoms with E-state index in [1.807, 2.05) is 0 Å². The molecule has 0 N–H and O–H groups in total. The first-order valence-electron chi connectivity index (χ1n) is 29.7. The van der Waals surface area contributed by atoms with E-state index in [0.29, 0.717) is 19.4 Å². The molecule has 0 heterocycles. The molecule has 0 aromatic heterocycles. The third kappa shape index (κ3) is 58.6. The topological polar surface area (TPSA) is 61.8 Å². The van der Waals surface area contributed by atoms with Crippen molar-refractivity contribution in [1.82, 2.24) is 0 Å². The smallest absolute Gasteiger partial charge is 0.306 e. The van der Waals surface area contributed by atoms with E-state index in [-0.39, 0.29) is 25.2 Å². The quantitative estimate of drug-likeness (QED) is 0.0345. The molecule has 1 unspecified atom stereocenters. The van der Waals surface area contributed by atoms with Gasteiger partial charge in [0.1, 0.15) is 6.61 Å². The molecule has 0 spiro atoms. The van der Waals surface area contributed by atoms with Gasteiger partial charge in [-0.15, -0.1) is 0 Å². The number of hydrogen-bond acceptors (Lipinski definition) is 5. The average Bonchev–Trinajstić information content (AvgIpc) is 3.38. The maximum absolute atomic E-state index is 12.9. The fourth-order valence-electron chi connectivity index (χ4n) is 7.79. The first-order valence-corrected chi connectivity index (χ1v) is 29.7.